The number of hydrogen-bond acceptors (Lipinski definition) is 4. The average Bonchev–Trinajstić information content (AvgIpc) is 3.18. The molecular weight excluding hydrogens is 416 g/mol. The summed E-state index contributed by atoms with van der Waals surface area (Å²) in [7, 11) is 2.13. The number of hydrogen-bond donors (Lipinski definition) is 0. The molecule has 2 aromatic carbocycles. The molecule has 2 aromatic heterocycles. The lowest BCUT2D eigenvalue weighted by atomic mass is 10.1. The maximum absolute atomic E-state index is 14.4. The Morgan fingerprint density at radius 3 is 2.26 bits per heavy atom. The van der Waals surface area contributed by atoms with Gasteiger partial charge < -0.3 is 9.80 Å². The van der Waals surface area contributed by atoms with Crippen molar-refractivity contribution >= 4 is 27.2 Å². The number of anilines is 1. The van der Waals surface area contributed by atoms with E-state index in [1.165, 1.54) is 29.5 Å². The van der Waals surface area contributed by atoms with Crippen LogP contribution < -0.4 is 10.5 Å². The molecule has 1 saturated heterocycles. The van der Waals surface area contributed by atoms with Gasteiger partial charge in [0.05, 0.1) is 5.69 Å². The molecule has 0 bridgehead atoms. The fourth-order valence-electron chi connectivity index (χ4n) is 4.06. The molecule has 0 aliphatic carbocycles. The molecular formula is C24H21F2N3OS. The van der Waals surface area contributed by atoms with Crippen molar-refractivity contribution in [3.63, 3.8) is 0 Å². The molecule has 1 aliphatic rings. The Hall–Kier alpha value is -3.03. The van der Waals surface area contributed by atoms with Crippen molar-refractivity contribution in [1.82, 2.24) is 9.47 Å². The van der Waals surface area contributed by atoms with Crippen molar-refractivity contribution in [2.24, 2.45) is 0 Å². The molecule has 0 saturated carbocycles. The molecule has 5 rings (SSSR count). The molecule has 4 nitrogen and oxygen atoms in total. The smallest absolute Gasteiger partial charge is 0.256 e. The minimum Gasteiger partial charge on any atom is -0.369 e. The van der Waals surface area contributed by atoms with Gasteiger partial charge in [0.15, 0.2) is 0 Å². The maximum Gasteiger partial charge on any atom is 0.256 e. The minimum absolute atomic E-state index is 0.146. The maximum atomic E-state index is 14.4. The Kier molecular flexibility index (Phi) is 5.08. The number of rotatable bonds is 3. The number of nitrogens with zero attached hydrogens (tertiary/aromatic N) is 3. The Labute approximate surface area is 182 Å². The number of likely N-dealkylation sites (N-methyl/N-ethyl adjacent to an activating group) is 1. The van der Waals surface area contributed by atoms with Gasteiger partial charge in [-0.1, -0.05) is 0 Å². The third-order valence-corrected chi connectivity index (χ3v) is 6.80. The van der Waals surface area contributed by atoms with E-state index in [-0.39, 0.29) is 5.56 Å². The number of aromatic nitrogens is 1. The van der Waals surface area contributed by atoms with E-state index in [4.69, 9.17) is 0 Å². The van der Waals surface area contributed by atoms with E-state index < -0.39 is 11.6 Å². The topological polar surface area (TPSA) is 28.5 Å². The molecule has 31 heavy (non-hydrogen) atoms. The van der Waals surface area contributed by atoms with Crippen LogP contribution in [0.1, 0.15) is 0 Å². The second-order valence-electron chi connectivity index (χ2n) is 7.81. The van der Waals surface area contributed by atoms with Gasteiger partial charge in [-0.3, -0.25) is 9.36 Å². The molecule has 158 valence electrons. The predicted molar refractivity (Wildman–Crippen MR) is 122 cm³/mol. The zero-order valence-electron chi connectivity index (χ0n) is 17.0. The van der Waals surface area contributed by atoms with Gasteiger partial charge in [-0.2, -0.15) is 0 Å². The van der Waals surface area contributed by atoms with Gasteiger partial charge in [0.25, 0.3) is 5.56 Å². The first kappa shape index (κ1) is 19.9. The normalized spacial score (nSPS) is 15.0. The first-order valence-corrected chi connectivity index (χ1v) is 11.0. The van der Waals surface area contributed by atoms with Gasteiger partial charge in [-0.15, -0.1) is 11.3 Å². The lowest BCUT2D eigenvalue weighted by molar-refractivity contribution is 0.313. The summed E-state index contributed by atoms with van der Waals surface area (Å²) in [6, 6.07) is 14.8. The van der Waals surface area contributed by atoms with Crippen LogP contribution in [0.2, 0.25) is 0 Å². The molecule has 7 heteroatoms. The quantitative estimate of drug-likeness (QED) is 0.463. The van der Waals surface area contributed by atoms with Gasteiger partial charge in [0.1, 0.15) is 16.5 Å². The number of benzene rings is 2. The minimum atomic E-state index is -0.617. The molecule has 4 aromatic rings. The van der Waals surface area contributed by atoms with Crippen molar-refractivity contribution in [2.75, 3.05) is 38.1 Å². The highest BCUT2D eigenvalue weighted by atomic mass is 32.1. The number of thiophene rings is 1. The van der Waals surface area contributed by atoms with Crippen LogP contribution in [-0.2, 0) is 0 Å². The molecule has 3 heterocycles. The van der Waals surface area contributed by atoms with E-state index >= 15 is 0 Å². The Balaban J connectivity index is 1.55. The van der Waals surface area contributed by atoms with Crippen molar-refractivity contribution in [3.8, 4) is 16.8 Å². The standard InChI is InChI=1S/C24H21F2N3OS/c1-27-10-12-28(13-11-27)17-3-5-18(6-4-17)29-23(30)9-8-20-21(15-31-24(20)29)19-7-2-16(25)14-22(19)26/h2-9,14-15H,10-13H2,1H3. The van der Waals surface area contributed by atoms with Crippen LogP contribution in [0.3, 0.4) is 0 Å². The van der Waals surface area contributed by atoms with Gasteiger partial charge >= 0.3 is 0 Å². The zero-order chi connectivity index (χ0) is 21.5. The zero-order valence-corrected chi connectivity index (χ0v) is 17.8. The summed E-state index contributed by atoms with van der Waals surface area (Å²) in [5.41, 5.74) is 2.73. The number of pyridine rings is 1. The molecule has 1 fully saturated rings. The fourth-order valence-corrected chi connectivity index (χ4v) is 5.15. The second-order valence-corrected chi connectivity index (χ2v) is 8.66. The van der Waals surface area contributed by atoms with Crippen LogP contribution in [0.5, 0.6) is 0 Å². The second kappa shape index (κ2) is 7.90. The molecule has 0 atom stereocenters. The summed E-state index contributed by atoms with van der Waals surface area (Å²) < 4.78 is 29.4. The predicted octanol–water partition coefficient (Wildman–Crippen LogP) is 4.75. The van der Waals surface area contributed by atoms with Crippen LogP contribution in [0.15, 0.2) is 64.8 Å². The van der Waals surface area contributed by atoms with Gasteiger partial charge in [-0.05, 0) is 49.5 Å². The number of fused-ring (bicyclic) bond motifs is 1. The van der Waals surface area contributed by atoms with E-state index in [9.17, 15) is 13.6 Å². The lowest BCUT2D eigenvalue weighted by Gasteiger charge is -2.34. The van der Waals surface area contributed by atoms with Crippen molar-refractivity contribution < 1.29 is 8.78 Å². The van der Waals surface area contributed by atoms with E-state index in [0.29, 0.717) is 11.1 Å². The van der Waals surface area contributed by atoms with Crippen molar-refractivity contribution in [2.45, 2.75) is 0 Å². The Morgan fingerprint density at radius 1 is 0.839 bits per heavy atom. The van der Waals surface area contributed by atoms with Crippen LogP contribution in [-0.4, -0.2) is 42.7 Å². The van der Waals surface area contributed by atoms with E-state index in [1.54, 1.807) is 10.6 Å². The fraction of sp³-hybridized carbons (Fsp3) is 0.208. The molecule has 1 aliphatic heterocycles. The third-order valence-electron chi connectivity index (χ3n) is 5.82. The summed E-state index contributed by atoms with van der Waals surface area (Å²) >= 11 is 1.38. The van der Waals surface area contributed by atoms with E-state index in [2.05, 4.69) is 16.8 Å². The molecule has 0 unspecified atom stereocenters. The van der Waals surface area contributed by atoms with Crippen LogP contribution in [0.4, 0.5) is 14.5 Å². The first-order chi connectivity index (χ1) is 15.0. The number of piperazine rings is 1. The van der Waals surface area contributed by atoms with Crippen molar-refractivity contribution in [1.29, 1.82) is 0 Å². The summed E-state index contributed by atoms with van der Waals surface area (Å²) in [4.78, 5) is 18.1. The van der Waals surface area contributed by atoms with Crippen LogP contribution in [0, 0.1) is 11.6 Å². The van der Waals surface area contributed by atoms with Crippen molar-refractivity contribution in [3.05, 3.63) is 82.0 Å². The van der Waals surface area contributed by atoms with Crippen LogP contribution >= 0.6 is 11.3 Å². The van der Waals surface area contributed by atoms with Crippen LogP contribution in [0.25, 0.3) is 27.0 Å². The van der Waals surface area contributed by atoms with Gasteiger partial charge in [0, 0.05) is 65.9 Å². The summed E-state index contributed by atoms with van der Waals surface area (Å²) in [5.74, 6) is -1.23. The molecule has 0 amide bonds. The highest BCUT2D eigenvalue weighted by molar-refractivity contribution is 7.17. The molecule has 0 N–H and O–H groups in total. The van der Waals surface area contributed by atoms with Gasteiger partial charge in [0.2, 0.25) is 0 Å². The summed E-state index contributed by atoms with van der Waals surface area (Å²) in [6.45, 7) is 4.00. The highest BCUT2D eigenvalue weighted by Gasteiger charge is 2.17. The number of halogens is 2. The van der Waals surface area contributed by atoms with E-state index in [0.717, 1.165) is 53.8 Å². The largest absolute Gasteiger partial charge is 0.369 e. The summed E-state index contributed by atoms with van der Waals surface area (Å²) in [6.07, 6.45) is 0. The SMILES string of the molecule is CN1CCN(c2ccc(-n3c(=O)ccc4c(-c5ccc(F)cc5F)csc43)cc2)CC1. The first-order valence-electron chi connectivity index (χ1n) is 10.1. The van der Waals surface area contributed by atoms with Gasteiger partial charge in [-0.25, -0.2) is 8.78 Å². The Morgan fingerprint density at radius 2 is 1.55 bits per heavy atom. The average molecular weight is 438 g/mol. The third kappa shape index (κ3) is 3.64. The molecule has 0 radical (unpaired) electrons. The highest BCUT2D eigenvalue weighted by Crippen LogP contribution is 2.35. The monoisotopic (exact) mass is 437 g/mol. The summed E-state index contributed by atoms with van der Waals surface area (Å²) in [5, 5.41) is 2.58. The van der Waals surface area contributed by atoms with E-state index in [1.807, 2.05) is 29.6 Å². The molecule has 0 spiro atoms. The Bertz CT molecular complexity index is 1300. The lowest BCUT2D eigenvalue weighted by Crippen LogP contribution is -2.44.